The topological polar surface area (TPSA) is 113 Å². The highest BCUT2D eigenvalue weighted by atomic mass is 79.9. The number of carbonyl (C=O) groups is 1. The largest absolute Gasteiger partial charge is 1.00 e. The minimum atomic E-state index is -4.62. The van der Waals surface area contributed by atoms with Crippen molar-refractivity contribution in [2.24, 2.45) is 0 Å². The van der Waals surface area contributed by atoms with Gasteiger partial charge in [0, 0.05) is 17.8 Å². The van der Waals surface area contributed by atoms with Crippen molar-refractivity contribution in [1.82, 2.24) is 19.3 Å². The van der Waals surface area contributed by atoms with Gasteiger partial charge in [0.15, 0.2) is 0 Å². The molecule has 246 valence electrons. The number of halogens is 4. The molecule has 1 aliphatic rings. The van der Waals surface area contributed by atoms with Crippen LogP contribution in [0.2, 0.25) is 0 Å². The monoisotopic (exact) mass is 719 g/mol. The summed E-state index contributed by atoms with van der Waals surface area (Å²) in [5, 5.41) is 16.3. The molecule has 3 aromatic carbocycles. The minimum Gasteiger partial charge on any atom is -1.00 e. The normalized spacial score (nSPS) is 14.2. The number of allylic oxidation sites excluding steroid dienone is 1. The number of alkyl halides is 3. The van der Waals surface area contributed by atoms with Crippen molar-refractivity contribution in [3.05, 3.63) is 141 Å². The van der Waals surface area contributed by atoms with Gasteiger partial charge in [-0.15, -0.1) is 5.10 Å². The Hall–Kier alpha value is -5.42. The summed E-state index contributed by atoms with van der Waals surface area (Å²) in [4.78, 5) is 28.2. The summed E-state index contributed by atoms with van der Waals surface area (Å²) >= 11 is 0. The minimum absolute atomic E-state index is 0. The molecular weight excluding hydrogens is 691 g/mol. The van der Waals surface area contributed by atoms with E-state index in [2.05, 4.69) is 16.3 Å². The summed E-state index contributed by atoms with van der Waals surface area (Å²) in [7, 11) is 1.19. The van der Waals surface area contributed by atoms with Crippen LogP contribution in [0.3, 0.4) is 0 Å². The molecule has 0 radical (unpaired) electrons. The van der Waals surface area contributed by atoms with E-state index in [9.17, 15) is 28.0 Å². The Morgan fingerprint density at radius 1 is 1.10 bits per heavy atom. The van der Waals surface area contributed by atoms with Gasteiger partial charge >= 0.3 is 17.8 Å². The van der Waals surface area contributed by atoms with Crippen molar-refractivity contribution >= 4 is 17.6 Å². The number of rotatable bonds is 8. The molecule has 0 spiro atoms. The number of hydrogen-bond acceptors (Lipinski definition) is 6. The van der Waals surface area contributed by atoms with E-state index in [0.29, 0.717) is 36.2 Å². The number of anilines is 2. The third-order valence-corrected chi connectivity index (χ3v) is 8.14. The smallest absolute Gasteiger partial charge is 0.416 e. The standard InChI is InChI=1S/C34H28F3N7O3.BrH/c1-22-29(31(45)47-2)30(44-32(39-40-33(44)46)43(22)27-10-6-9-26(18-27)34(35,36)37)28-12-11-24(19-38)17-25(28)13-14-41-15-16-42(21-41)20-23-7-4-3-5-8-23;/h3-12,15-18,21,30H,13-14,20H2,1-2H3;1H. The summed E-state index contributed by atoms with van der Waals surface area (Å²) in [6, 6.07) is 20.6. The van der Waals surface area contributed by atoms with Gasteiger partial charge in [0.05, 0.1) is 36.4 Å². The number of aromatic amines is 1. The van der Waals surface area contributed by atoms with Crippen LogP contribution in [0, 0.1) is 11.3 Å². The molecule has 0 saturated heterocycles. The SMILES string of the molecule is COC(=O)C1=C(C)N(c2cccc(C(F)(F)F)c2)c2n[nH]c(=O)n2C1c1ccc(C#N)cc1CC[n+]1ccn(Cc2ccccc2)c1.[Br-]. The van der Waals surface area contributed by atoms with Crippen LogP contribution in [-0.2, 0) is 35.2 Å². The number of aryl methyl sites for hydroxylation is 2. The molecule has 2 aromatic heterocycles. The average Bonchev–Trinajstić information content (AvgIpc) is 3.68. The second kappa shape index (κ2) is 13.7. The fraction of sp³-hybridized carbons (Fsp3) is 0.206. The molecule has 14 heteroatoms. The quantitative estimate of drug-likeness (QED) is 0.194. The van der Waals surface area contributed by atoms with Gasteiger partial charge in [-0.05, 0) is 53.9 Å². The lowest BCUT2D eigenvalue weighted by atomic mass is 9.89. The number of carbonyl (C=O) groups excluding carboxylic acids is 1. The molecule has 1 atom stereocenters. The van der Waals surface area contributed by atoms with E-state index in [-0.39, 0.29) is 39.9 Å². The van der Waals surface area contributed by atoms with E-state index in [1.54, 1.807) is 25.1 Å². The Kier molecular flexibility index (Phi) is 9.72. The van der Waals surface area contributed by atoms with Crippen LogP contribution in [0.5, 0.6) is 0 Å². The number of esters is 1. The maximum atomic E-state index is 13.7. The molecule has 0 aliphatic carbocycles. The van der Waals surface area contributed by atoms with Crippen LogP contribution in [0.25, 0.3) is 0 Å². The number of nitrogens with zero attached hydrogens (tertiary/aromatic N) is 6. The lowest BCUT2D eigenvalue weighted by Crippen LogP contribution is -3.00. The number of ether oxygens (including phenoxy) is 1. The highest BCUT2D eigenvalue weighted by Crippen LogP contribution is 2.43. The van der Waals surface area contributed by atoms with E-state index in [1.165, 1.54) is 28.7 Å². The molecule has 6 rings (SSSR count). The number of imidazole rings is 1. The second-order valence-corrected chi connectivity index (χ2v) is 11.1. The highest BCUT2D eigenvalue weighted by Gasteiger charge is 2.41. The second-order valence-electron chi connectivity index (χ2n) is 11.1. The summed E-state index contributed by atoms with van der Waals surface area (Å²) in [6.45, 7) is 2.76. The summed E-state index contributed by atoms with van der Waals surface area (Å²) < 4.78 is 51.4. The number of nitrogens with one attached hydrogen (secondary N) is 1. The van der Waals surface area contributed by atoms with Crippen LogP contribution in [-0.4, -0.2) is 32.4 Å². The van der Waals surface area contributed by atoms with E-state index in [4.69, 9.17) is 4.74 Å². The van der Waals surface area contributed by atoms with E-state index < -0.39 is 29.4 Å². The maximum Gasteiger partial charge on any atom is 0.416 e. The number of H-pyrrole nitrogens is 1. The fourth-order valence-corrected chi connectivity index (χ4v) is 5.95. The maximum absolute atomic E-state index is 13.7. The van der Waals surface area contributed by atoms with Crippen molar-refractivity contribution in [2.75, 3.05) is 12.0 Å². The Bertz CT molecular complexity index is 2090. The van der Waals surface area contributed by atoms with Crippen LogP contribution in [0.15, 0.2) is 108 Å². The Morgan fingerprint density at radius 3 is 2.58 bits per heavy atom. The predicted molar refractivity (Wildman–Crippen MR) is 164 cm³/mol. The molecule has 0 amide bonds. The van der Waals surface area contributed by atoms with Crippen LogP contribution >= 0.6 is 0 Å². The Labute approximate surface area is 283 Å². The van der Waals surface area contributed by atoms with Gasteiger partial charge < -0.3 is 21.7 Å². The molecule has 5 aromatic rings. The predicted octanol–water partition coefficient (Wildman–Crippen LogP) is 2.03. The zero-order valence-electron chi connectivity index (χ0n) is 25.8. The highest BCUT2D eigenvalue weighted by molar-refractivity contribution is 5.93. The molecule has 48 heavy (non-hydrogen) atoms. The van der Waals surface area contributed by atoms with E-state index >= 15 is 0 Å². The zero-order chi connectivity index (χ0) is 33.3. The number of fused-ring (bicyclic) bond motifs is 1. The molecular formula is C34H29BrF3N7O3. The first kappa shape index (κ1) is 33.9. The zero-order valence-corrected chi connectivity index (χ0v) is 27.4. The summed E-state index contributed by atoms with van der Waals surface area (Å²) in [5.74, 6) is -0.780. The van der Waals surface area contributed by atoms with Crippen molar-refractivity contribution in [3.63, 3.8) is 0 Å². The summed E-state index contributed by atoms with van der Waals surface area (Å²) in [6.07, 6.45) is 1.67. The molecule has 1 aliphatic heterocycles. The van der Waals surface area contributed by atoms with Crippen LogP contribution in [0.1, 0.15) is 40.8 Å². The van der Waals surface area contributed by atoms with Crippen LogP contribution in [0.4, 0.5) is 24.8 Å². The lowest BCUT2D eigenvalue weighted by Gasteiger charge is -2.36. The molecule has 0 saturated carbocycles. The first-order valence-electron chi connectivity index (χ1n) is 14.6. The van der Waals surface area contributed by atoms with E-state index in [0.717, 1.165) is 17.7 Å². The molecule has 1 unspecified atom stereocenters. The average molecular weight is 721 g/mol. The first-order chi connectivity index (χ1) is 22.6. The van der Waals surface area contributed by atoms with Crippen molar-refractivity contribution < 1.29 is 44.3 Å². The van der Waals surface area contributed by atoms with Gasteiger partial charge in [-0.3, -0.25) is 4.90 Å². The van der Waals surface area contributed by atoms with Gasteiger partial charge in [0.25, 0.3) is 0 Å². The lowest BCUT2D eigenvalue weighted by molar-refractivity contribution is -0.696. The van der Waals surface area contributed by atoms with Gasteiger partial charge in [-0.25, -0.2) is 28.4 Å². The molecule has 1 N–H and O–H groups in total. The number of methoxy groups -OCH3 is 1. The van der Waals surface area contributed by atoms with Gasteiger partial charge in [0.2, 0.25) is 12.3 Å². The molecule has 0 fully saturated rings. The van der Waals surface area contributed by atoms with Crippen molar-refractivity contribution in [3.8, 4) is 6.07 Å². The third kappa shape index (κ3) is 6.54. The molecule has 0 bridgehead atoms. The van der Waals surface area contributed by atoms with Gasteiger partial charge in [0.1, 0.15) is 25.0 Å². The number of hydrogen-bond donors (Lipinski definition) is 1. The van der Waals surface area contributed by atoms with E-state index in [1.807, 2.05) is 58.2 Å². The van der Waals surface area contributed by atoms with Gasteiger partial charge in [-0.1, -0.05) is 42.5 Å². The van der Waals surface area contributed by atoms with Crippen molar-refractivity contribution in [2.45, 2.75) is 38.7 Å². The molecule has 3 heterocycles. The number of aromatic nitrogens is 5. The van der Waals surface area contributed by atoms with Crippen LogP contribution < -0.4 is 32.1 Å². The third-order valence-electron chi connectivity index (χ3n) is 8.14. The van der Waals surface area contributed by atoms with Gasteiger partial charge in [-0.2, -0.15) is 18.4 Å². The summed E-state index contributed by atoms with van der Waals surface area (Å²) in [5.41, 5.74) is 1.50. The number of nitriles is 1. The Balaban J connectivity index is 0.00000451. The first-order valence-corrected chi connectivity index (χ1v) is 14.6. The number of benzene rings is 3. The Morgan fingerprint density at radius 2 is 1.88 bits per heavy atom. The molecule has 10 nitrogen and oxygen atoms in total. The fourth-order valence-electron chi connectivity index (χ4n) is 5.95. The van der Waals surface area contributed by atoms with Crippen molar-refractivity contribution in [1.29, 1.82) is 5.26 Å².